The van der Waals surface area contributed by atoms with Crippen molar-refractivity contribution in [2.24, 2.45) is 0 Å². The Kier molecular flexibility index (Phi) is 2.89. The molecule has 0 N–H and O–H groups in total. The third-order valence-corrected chi connectivity index (χ3v) is 3.62. The summed E-state index contributed by atoms with van der Waals surface area (Å²) in [6.07, 6.45) is 0. The number of aryl methyl sites for hydroxylation is 2. The first kappa shape index (κ1) is 10.8. The molecule has 2 rings (SSSR count). The number of benzene rings is 1. The van der Waals surface area contributed by atoms with Gasteiger partial charge in [0.1, 0.15) is 5.82 Å². The molecule has 78 valence electrons. The van der Waals surface area contributed by atoms with Gasteiger partial charge in [-0.05, 0) is 53.5 Å². The molecule has 0 bridgehead atoms. The van der Waals surface area contributed by atoms with Crippen molar-refractivity contribution in [3.63, 3.8) is 0 Å². The van der Waals surface area contributed by atoms with Crippen LogP contribution in [0.15, 0.2) is 22.1 Å². The zero-order valence-electron chi connectivity index (χ0n) is 8.34. The van der Waals surface area contributed by atoms with E-state index >= 15 is 0 Å². The zero-order chi connectivity index (χ0) is 11.0. The van der Waals surface area contributed by atoms with Crippen molar-refractivity contribution < 1.29 is 4.39 Å². The Bertz CT molecular complexity index is 507. The third-order valence-electron chi connectivity index (χ3n) is 2.20. The molecule has 0 aliphatic heterocycles. The van der Waals surface area contributed by atoms with E-state index in [9.17, 15) is 4.39 Å². The molecule has 0 aliphatic rings. The van der Waals surface area contributed by atoms with E-state index in [-0.39, 0.29) is 5.82 Å². The fourth-order valence-corrected chi connectivity index (χ4v) is 2.98. The highest BCUT2D eigenvalue weighted by Gasteiger charge is 2.09. The molecule has 1 aromatic carbocycles. The Morgan fingerprint density at radius 1 is 1.33 bits per heavy atom. The average molecular weight is 286 g/mol. The molecule has 1 heterocycles. The summed E-state index contributed by atoms with van der Waals surface area (Å²) in [6, 6.07) is 5.07. The van der Waals surface area contributed by atoms with Crippen molar-refractivity contribution in [1.29, 1.82) is 0 Å². The second-order valence-corrected chi connectivity index (χ2v) is 5.81. The Balaban J connectivity index is 2.54. The molecular formula is C11H9BrFNS. The number of rotatable bonds is 1. The number of aromatic nitrogens is 1. The first-order valence-electron chi connectivity index (χ1n) is 4.47. The summed E-state index contributed by atoms with van der Waals surface area (Å²) < 4.78 is 14.0. The van der Waals surface area contributed by atoms with Crippen LogP contribution >= 0.6 is 27.3 Å². The molecule has 0 amide bonds. The van der Waals surface area contributed by atoms with Gasteiger partial charge < -0.3 is 0 Å². The fraction of sp³-hybridized carbons (Fsp3) is 0.182. The number of hydrogen-bond acceptors (Lipinski definition) is 2. The molecule has 1 aromatic heterocycles. The van der Waals surface area contributed by atoms with Crippen LogP contribution in [0.2, 0.25) is 0 Å². The minimum Gasteiger partial charge on any atom is -0.229 e. The van der Waals surface area contributed by atoms with Crippen molar-refractivity contribution >= 4 is 27.3 Å². The minimum absolute atomic E-state index is 0.175. The van der Waals surface area contributed by atoms with E-state index in [1.807, 2.05) is 13.0 Å². The van der Waals surface area contributed by atoms with Gasteiger partial charge in [0, 0.05) is 10.4 Å². The topological polar surface area (TPSA) is 12.9 Å². The van der Waals surface area contributed by atoms with Crippen LogP contribution in [0.5, 0.6) is 0 Å². The first-order valence-corrected chi connectivity index (χ1v) is 6.08. The van der Waals surface area contributed by atoms with E-state index in [2.05, 4.69) is 20.9 Å². The Morgan fingerprint density at radius 3 is 2.60 bits per heavy atom. The second-order valence-electron chi connectivity index (χ2n) is 3.34. The molecule has 0 aliphatic carbocycles. The molecule has 0 atom stereocenters. The van der Waals surface area contributed by atoms with E-state index in [4.69, 9.17) is 0 Å². The van der Waals surface area contributed by atoms with Crippen LogP contribution in [0, 0.1) is 19.7 Å². The Hall–Kier alpha value is -0.740. The molecule has 4 heteroatoms. The third kappa shape index (κ3) is 2.11. The standard InChI is InChI=1S/C11H9BrFNS/c1-6-5-8(3-4-9(6)13)10-7(2)15-11(12)14-10/h3-5H,1-2H3. The lowest BCUT2D eigenvalue weighted by molar-refractivity contribution is 0.619. The molecule has 0 saturated heterocycles. The summed E-state index contributed by atoms with van der Waals surface area (Å²) in [5.41, 5.74) is 2.54. The van der Waals surface area contributed by atoms with E-state index in [0.717, 1.165) is 20.1 Å². The maximum atomic E-state index is 13.1. The molecule has 0 saturated carbocycles. The molecule has 15 heavy (non-hydrogen) atoms. The summed E-state index contributed by atoms with van der Waals surface area (Å²) in [6.45, 7) is 3.77. The van der Waals surface area contributed by atoms with Crippen LogP contribution in [-0.4, -0.2) is 4.98 Å². The molecule has 0 unspecified atom stereocenters. The SMILES string of the molecule is Cc1cc(-c2nc(Br)sc2C)ccc1F. The Morgan fingerprint density at radius 2 is 2.07 bits per heavy atom. The highest BCUT2D eigenvalue weighted by atomic mass is 79.9. The number of nitrogens with zero attached hydrogens (tertiary/aromatic N) is 1. The average Bonchev–Trinajstić information content (AvgIpc) is 2.50. The van der Waals surface area contributed by atoms with Gasteiger partial charge in [0.25, 0.3) is 0 Å². The van der Waals surface area contributed by atoms with Gasteiger partial charge in [-0.3, -0.25) is 0 Å². The second kappa shape index (κ2) is 4.02. The number of hydrogen-bond donors (Lipinski definition) is 0. The normalized spacial score (nSPS) is 10.7. The summed E-state index contributed by atoms with van der Waals surface area (Å²) in [5, 5.41) is 0. The van der Waals surface area contributed by atoms with Crippen LogP contribution in [0.25, 0.3) is 11.3 Å². The van der Waals surface area contributed by atoms with Crippen molar-refractivity contribution in [1.82, 2.24) is 4.98 Å². The largest absolute Gasteiger partial charge is 0.229 e. The zero-order valence-corrected chi connectivity index (χ0v) is 10.7. The fourth-order valence-electron chi connectivity index (χ4n) is 1.42. The number of halogens is 2. The van der Waals surface area contributed by atoms with E-state index in [0.29, 0.717) is 5.56 Å². The Labute approximate surface area is 100 Å². The predicted octanol–water partition coefficient (Wildman–Crippen LogP) is 4.33. The molecule has 0 spiro atoms. The van der Waals surface area contributed by atoms with Gasteiger partial charge >= 0.3 is 0 Å². The van der Waals surface area contributed by atoms with Crippen LogP contribution in [0.3, 0.4) is 0 Å². The highest BCUT2D eigenvalue weighted by molar-refractivity contribution is 9.11. The predicted molar refractivity (Wildman–Crippen MR) is 64.7 cm³/mol. The lowest BCUT2D eigenvalue weighted by Gasteiger charge is -2.01. The van der Waals surface area contributed by atoms with Crippen molar-refractivity contribution in [3.05, 3.63) is 38.4 Å². The monoisotopic (exact) mass is 285 g/mol. The molecule has 1 nitrogen and oxygen atoms in total. The lowest BCUT2D eigenvalue weighted by Crippen LogP contribution is -1.85. The van der Waals surface area contributed by atoms with E-state index in [1.54, 1.807) is 24.3 Å². The van der Waals surface area contributed by atoms with E-state index < -0.39 is 0 Å². The van der Waals surface area contributed by atoms with Gasteiger partial charge in [-0.2, -0.15) is 0 Å². The van der Waals surface area contributed by atoms with Gasteiger partial charge in [-0.25, -0.2) is 9.37 Å². The van der Waals surface area contributed by atoms with E-state index in [1.165, 1.54) is 6.07 Å². The molecule has 0 radical (unpaired) electrons. The highest BCUT2D eigenvalue weighted by Crippen LogP contribution is 2.30. The van der Waals surface area contributed by atoms with Gasteiger partial charge in [-0.15, -0.1) is 11.3 Å². The van der Waals surface area contributed by atoms with Gasteiger partial charge in [0.05, 0.1) is 5.69 Å². The van der Waals surface area contributed by atoms with Gasteiger partial charge in [0.15, 0.2) is 3.92 Å². The van der Waals surface area contributed by atoms with Crippen LogP contribution in [0.4, 0.5) is 4.39 Å². The van der Waals surface area contributed by atoms with Crippen molar-refractivity contribution in [2.75, 3.05) is 0 Å². The summed E-state index contributed by atoms with van der Waals surface area (Å²) in [5.74, 6) is -0.175. The van der Waals surface area contributed by atoms with Crippen LogP contribution in [-0.2, 0) is 0 Å². The maximum absolute atomic E-state index is 13.1. The maximum Gasteiger partial charge on any atom is 0.160 e. The van der Waals surface area contributed by atoms with Crippen molar-refractivity contribution in [2.45, 2.75) is 13.8 Å². The molecule has 0 fully saturated rings. The van der Waals surface area contributed by atoms with Crippen LogP contribution < -0.4 is 0 Å². The van der Waals surface area contributed by atoms with Gasteiger partial charge in [-0.1, -0.05) is 0 Å². The quantitative estimate of drug-likeness (QED) is 0.760. The summed E-state index contributed by atoms with van der Waals surface area (Å²) in [7, 11) is 0. The summed E-state index contributed by atoms with van der Waals surface area (Å²) >= 11 is 4.93. The smallest absolute Gasteiger partial charge is 0.160 e. The summed E-state index contributed by atoms with van der Waals surface area (Å²) in [4.78, 5) is 5.50. The molecular weight excluding hydrogens is 277 g/mol. The van der Waals surface area contributed by atoms with Crippen LogP contribution in [0.1, 0.15) is 10.4 Å². The molecule has 2 aromatic rings. The lowest BCUT2D eigenvalue weighted by atomic mass is 10.1. The number of thiazole rings is 1. The first-order chi connectivity index (χ1) is 7.08. The van der Waals surface area contributed by atoms with Gasteiger partial charge in [0.2, 0.25) is 0 Å². The minimum atomic E-state index is -0.175. The van der Waals surface area contributed by atoms with Crippen molar-refractivity contribution in [3.8, 4) is 11.3 Å².